The van der Waals surface area contributed by atoms with Gasteiger partial charge in [-0.2, -0.15) is 0 Å². The first kappa shape index (κ1) is 13.3. The number of benzene rings is 1. The highest BCUT2D eigenvalue weighted by molar-refractivity contribution is 5.33. The minimum Gasteiger partial charge on any atom is -0.493 e. The lowest BCUT2D eigenvalue weighted by molar-refractivity contribution is 0.214. The molecule has 1 aromatic rings. The summed E-state index contributed by atoms with van der Waals surface area (Å²) >= 11 is 0. The van der Waals surface area contributed by atoms with E-state index in [-0.39, 0.29) is 6.10 Å². The van der Waals surface area contributed by atoms with Gasteiger partial charge in [-0.1, -0.05) is 25.8 Å². The zero-order chi connectivity index (χ0) is 12.8. The summed E-state index contributed by atoms with van der Waals surface area (Å²) in [5, 5.41) is 0. The first-order valence-electron chi connectivity index (χ1n) is 7.17. The first-order chi connectivity index (χ1) is 8.78. The number of hydrogen-bond acceptors (Lipinski definition) is 2. The highest BCUT2D eigenvalue weighted by atomic mass is 16.5. The van der Waals surface area contributed by atoms with Crippen molar-refractivity contribution in [3.63, 3.8) is 0 Å². The number of rotatable bonds is 6. The molecule has 1 atom stereocenters. The van der Waals surface area contributed by atoms with E-state index < -0.39 is 0 Å². The predicted molar refractivity (Wildman–Crippen MR) is 74.3 cm³/mol. The molecule has 0 amide bonds. The van der Waals surface area contributed by atoms with E-state index in [9.17, 15) is 0 Å². The molecule has 2 nitrogen and oxygen atoms in total. The molecule has 18 heavy (non-hydrogen) atoms. The van der Waals surface area contributed by atoms with Crippen molar-refractivity contribution in [3.8, 4) is 11.5 Å². The van der Waals surface area contributed by atoms with Crippen LogP contribution in [-0.2, 0) is 0 Å². The lowest BCUT2D eigenvalue weighted by Crippen LogP contribution is -2.10. The Morgan fingerprint density at radius 2 is 1.94 bits per heavy atom. The van der Waals surface area contributed by atoms with Gasteiger partial charge in [0.2, 0.25) is 0 Å². The van der Waals surface area contributed by atoms with Crippen LogP contribution in [0.25, 0.3) is 0 Å². The Balaban J connectivity index is 1.86. The molecule has 0 bridgehead atoms. The van der Waals surface area contributed by atoms with Gasteiger partial charge in [-0.15, -0.1) is 0 Å². The van der Waals surface area contributed by atoms with Crippen molar-refractivity contribution in [2.45, 2.75) is 52.1 Å². The Morgan fingerprint density at radius 3 is 2.67 bits per heavy atom. The zero-order valence-corrected chi connectivity index (χ0v) is 11.5. The molecule has 2 rings (SSSR count). The molecule has 100 valence electrons. The largest absolute Gasteiger partial charge is 0.493 e. The lowest BCUT2D eigenvalue weighted by atomic mass is 10.1. The lowest BCUT2D eigenvalue weighted by Gasteiger charge is -2.15. The SMILES string of the molecule is CC[C@H](C)Oc1cccc(OCC2CCCC2)c1. The second-order valence-electron chi connectivity index (χ2n) is 5.27. The van der Waals surface area contributed by atoms with Gasteiger partial charge in [-0.3, -0.25) is 0 Å². The highest BCUT2D eigenvalue weighted by Crippen LogP contribution is 2.27. The molecule has 0 saturated heterocycles. The molecule has 0 heterocycles. The third kappa shape index (κ3) is 3.94. The second kappa shape index (κ2) is 6.67. The average Bonchev–Trinajstić information content (AvgIpc) is 2.90. The molecule has 0 unspecified atom stereocenters. The Kier molecular flexibility index (Phi) is 4.91. The number of hydrogen-bond donors (Lipinski definition) is 0. The van der Waals surface area contributed by atoms with Crippen LogP contribution in [-0.4, -0.2) is 12.7 Å². The zero-order valence-electron chi connectivity index (χ0n) is 11.5. The monoisotopic (exact) mass is 248 g/mol. The molecular formula is C16H24O2. The van der Waals surface area contributed by atoms with Crippen molar-refractivity contribution >= 4 is 0 Å². The van der Waals surface area contributed by atoms with Crippen LogP contribution in [0.2, 0.25) is 0 Å². The molecule has 2 heteroatoms. The van der Waals surface area contributed by atoms with Crippen molar-refractivity contribution in [1.29, 1.82) is 0 Å². The van der Waals surface area contributed by atoms with Crippen LogP contribution in [0.1, 0.15) is 46.0 Å². The Hall–Kier alpha value is -1.18. The predicted octanol–water partition coefficient (Wildman–Crippen LogP) is 4.43. The molecule has 0 aromatic heterocycles. The van der Waals surface area contributed by atoms with Crippen molar-refractivity contribution in [2.75, 3.05) is 6.61 Å². The maximum Gasteiger partial charge on any atom is 0.123 e. The van der Waals surface area contributed by atoms with E-state index in [0.29, 0.717) is 0 Å². The molecule has 0 aliphatic heterocycles. The molecule has 1 fully saturated rings. The summed E-state index contributed by atoms with van der Waals surface area (Å²) in [7, 11) is 0. The summed E-state index contributed by atoms with van der Waals surface area (Å²) in [5.41, 5.74) is 0. The van der Waals surface area contributed by atoms with E-state index in [2.05, 4.69) is 13.8 Å². The van der Waals surface area contributed by atoms with Gasteiger partial charge >= 0.3 is 0 Å². The van der Waals surface area contributed by atoms with Gasteiger partial charge < -0.3 is 9.47 Å². The van der Waals surface area contributed by atoms with Crippen LogP contribution in [0.3, 0.4) is 0 Å². The Labute approximate surface area is 110 Å². The fourth-order valence-electron chi connectivity index (χ4n) is 2.34. The number of ether oxygens (including phenoxy) is 2. The van der Waals surface area contributed by atoms with Gasteiger partial charge in [-0.25, -0.2) is 0 Å². The van der Waals surface area contributed by atoms with Crippen molar-refractivity contribution < 1.29 is 9.47 Å². The summed E-state index contributed by atoms with van der Waals surface area (Å²) in [6, 6.07) is 8.01. The third-order valence-corrected chi connectivity index (χ3v) is 3.68. The van der Waals surface area contributed by atoms with Crippen LogP contribution < -0.4 is 9.47 Å². The smallest absolute Gasteiger partial charge is 0.123 e. The molecular weight excluding hydrogens is 224 g/mol. The quantitative estimate of drug-likeness (QED) is 0.741. The average molecular weight is 248 g/mol. The summed E-state index contributed by atoms with van der Waals surface area (Å²) < 4.78 is 11.7. The molecule has 0 radical (unpaired) electrons. The van der Waals surface area contributed by atoms with Crippen LogP contribution in [0.4, 0.5) is 0 Å². The van der Waals surface area contributed by atoms with E-state index >= 15 is 0 Å². The van der Waals surface area contributed by atoms with E-state index in [1.807, 2.05) is 24.3 Å². The van der Waals surface area contributed by atoms with Gasteiger partial charge in [0.05, 0.1) is 12.7 Å². The van der Waals surface area contributed by atoms with Gasteiger partial charge in [-0.05, 0) is 44.2 Å². The topological polar surface area (TPSA) is 18.5 Å². The van der Waals surface area contributed by atoms with Gasteiger partial charge in [0, 0.05) is 6.07 Å². The molecule has 1 aliphatic carbocycles. The van der Waals surface area contributed by atoms with Gasteiger partial charge in [0.1, 0.15) is 11.5 Å². The minimum atomic E-state index is 0.259. The van der Waals surface area contributed by atoms with Crippen LogP contribution in [0.5, 0.6) is 11.5 Å². The summed E-state index contributed by atoms with van der Waals surface area (Å²) in [6.07, 6.45) is 6.66. The van der Waals surface area contributed by atoms with Crippen LogP contribution in [0, 0.1) is 5.92 Å². The molecule has 0 N–H and O–H groups in total. The minimum absolute atomic E-state index is 0.259. The summed E-state index contributed by atoms with van der Waals surface area (Å²) in [4.78, 5) is 0. The van der Waals surface area contributed by atoms with Crippen LogP contribution in [0.15, 0.2) is 24.3 Å². The van der Waals surface area contributed by atoms with Crippen molar-refractivity contribution in [3.05, 3.63) is 24.3 Å². The first-order valence-corrected chi connectivity index (χ1v) is 7.17. The van der Waals surface area contributed by atoms with Gasteiger partial charge in [0.15, 0.2) is 0 Å². The van der Waals surface area contributed by atoms with Crippen molar-refractivity contribution in [2.24, 2.45) is 5.92 Å². The van der Waals surface area contributed by atoms with E-state index in [1.54, 1.807) is 0 Å². The maximum atomic E-state index is 5.87. The standard InChI is InChI=1S/C16H24O2/c1-3-13(2)18-16-10-6-9-15(11-16)17-12-14-7-4-5-8-14/h6,9-11,13-14H,3-5,7-8,12H2,1-2H3/t13-/m0/s1. The second-order valence-corrected chi connectivity index (χ2v) is 5.27. The molecule has 1 aliphatic rings. The third-order valence-electron chi connectivity index (χ3n) is 3.68. The summed E-state index contributed by atoms with van der Waals surface area (Å²) in [6.45, 7) is 5.07. The fraction of sp³-hybridized carbons (Fsp3) is 0.625. The van der Waals surface area contributed by atoms with Crippen molar-refractivity contribution in [1.82, 2.24) is 0 Å². The van der Waals surface area contributed by atoms with Crippen LogP contribution >= 0.6 is 0 Å². The molecule has 0 spiro atoms. The fourth-order valence-corrected chi connectivity index (χ4v) is 2.34. The van der Waals surface area contributed by atoms with Gasteiger partial charge in [0.25, 0.3) is 0 Å². The Bertz CT molecular complexity index is 356. The van der Waals surface area contributed by atoms with E-state index in [1.165, 1.54) is 25.7 Å². The highest BCUT2D eigenvalue weighted by Gasteiger charge is 2.15. The molecule has 1 saturated carbocycles. The molecule has 1 aromatic carbocycles. The van der Waals surface area contributed by atoms with E-state index in [4.69, 9.17) is 9.47 Å². The normalized spacial score (nSPS) is 17.7. The Morgan fingerprint density at radius 1 is 1.22 bits per heavy atom. The maximum absolute atomic E-state index is 5.87. The van der Waals surface area contributed by atoms with E-state index in [0.717, 1.165) is 30.4 Å². The summed E-state index contributed by atoms with van der Waals surface area (Å²) in [5.74, 6) is 2.60.